The number of nitrogens with zero attached hydrogens (tertiary/aromatic N) is 2. The Kier molecular flexibility index (Phi) is 5.20. The molecule has 0 aliphatic rings. The van der Waals surface area contributed by atoms with E-state index in [2.05, 4.69) is 10.1 Å². The van der Waals surface area contributed by atoms with Gasteiger partial charge in [-0.15, -0.1) is 0 Å². The molecular formula is C6H6N2NaO. The third kappa shape index (κ3) is 2.96. The molecule has 0 aromatic carbocycles. The molecular weight excluding hydrogens is 139 g/mol. The van der Waals surface area contributed by atoms with Crippen molar-refractivity contribution >= 4 is 35.8 Å². The second kappa shape index (κ2) is 5.41. The number of rotatable bonds is 1. The smallest absolute Gasteiger partial charge is 0.0918 e. The molecule has 4 heteroatoms. The number of hydrogen-bond acceptors (Lipinski definition) is 3. The Morgan fingerprint density at radius 3 is 2.80 bits per heavy atom. The molecule has 1 aromatic rings. The van der Waals surface area contributed by atoms with Gasteiger partial charge in [0.25, 0.3) is 0 Å². The van der Waals surface area contributed by atoms with Gasteiger partial charge in [-0.3, -0.25) is 4.98 Å². The number of oxime groups is 1. The predicted octanol–water partition coefficient (Wildman–Crippen LogP) is 0.509. The summed E-state index contributed by atoms with van der Waals surface area (Å²) in [6.45, 7) is 0. The summed E-state index contributed by atoms with van der Waals surface area (Å²) < 4.78 is 0. The van der Waals surface area contributed by atoms with Gasteiger partial charge in [0.05, 0.1) is 11.9 Å². The van der Waals surface area contributed by atoms with Crippen molar-refractivity contribution in [3.63, 3.8) is 0 Å². The average Bonchev–Trinajstić information content (AvgIpc) is 1.91. The molecule has 3 nitrogen and oxygen atoms in total. The normalized spacial score (nSPS) is 9.20. The Morgan fingerprint density at radius 1 is 1.50 bits per heavy atom. The molecule has 0 atom stereocenters. The summed E-state index contributed by atoms with van der Waals surface area (Å²) in [5, 5.41) is 10.9. The van der Waals surface area contributed by atoms with Gasteiger partial charge in [0.2, 0.25) is 0 Å². The van der Waals surface area contributed by atoms with Gasteiger partial charge in [-0.1, -0.05) is 11.2 Å². The zero-order valence-electron chi connectivity index (χ0n) is 5.73. The van der Waals surface area contributed by atoms with Gasteiger partial charge in [0, 0.05) is 35.8 Å². The number of pyridine rings is 1. The van der Waals surface area contributed by atoms with E-state index in [0.29, 0.717) is 5.69 Å². The average molecular weight is 145 g/mol. The molecule has 0 unspecified atom stereocenters. The first-order valence-electron chi connectivity index (χ1n) is 2.52. The molecule has 47 valence electrons. The van der Waals surface area contributed by atoms with E-state index in [-0.39, 0.29) is 29.6 Å². The summed E-state index contributed by atoms with van der Waals surface area (Å²) in [6.07, 6.45) is 2.91. The molecule has 0 fully saturated rings. The van der Waals surface area contributed by atoms with Crippen LogP contribution < -0.4 is 0 Å². The maximum atomic E-state index is 8.05. The number of aromatic nitrogens is 1. The molecule has 1 rings (SSSR count). The summed E-state index contributed by atoms with van der Waals surface area (Å²) >= 11 is 0. The van der Waals surface area contributed by atoms with Crippen LogP contribution >= 0.6 is 0 Å². The SMILES string of the molecule is ON=Cc1ccccn1.[Na]. The topological polar surface area (TPSA) is 45.5 Å². The summed E-state index contributed by atoms with van der Waals surface area (Å²) in [5.74, 6) is 0. The van der Waals surface area contributed by atoms with Crippen LogP contribution in [-0.2, 0) is 0 Å². The molecule has 1 N–H and O–H groups in total. The van der Waals surface area contributed by atoms with Gasteiger partial charge in [-0.2, -0.15) is 0 Å². The second-order valence-corrected chi connectivity index (χ2v) is 1.50. The molecule has 0 saturated carbocycles. The summed E-state index contributed by atoms with van der Waals surface area (Å²) in [4.78, 5) is 3.86. The summed E-state index contributed by atoms with van der Waals surface area (Å²) in [6, 6.07) is 5.37. The van der Waals surface area contributed by atoms with Crippen LogP contribution in [0.1, 0.15) is 5.69 Å². The monoisotopic (exact) mass is 145 g/mol. The first-order valence-corrected chi connectivity index (χ1v) is 2.52. The van der Waals surface area contributed by atoms with E-state index >= 15 is 0 Å². The quantitative estimate of drug-likeness (QED) is 0.271. The third-order valence-electron chi connectivity index (χ3n) is 0.878. The van der Waals surface area contributed by atoms with Gasteiger partial charge in [-0.25, -0.2) is 0 Å². The zero-order valence-corrected chi connectivity index (χ0v) is 7.73. The van der Waals surface area contributed by atoms with Gasteiger partial charge >= 0.3 is 0 Å². The number of hydrogen-bond donors (Lipinski definition) is 1. The molecule has 10 heavy (non-hydrogen) atoms. The maximum Gasteiger partial charge on any atom is 0.0918 e. The minimum absolute atomic E-state index is 0. The fourth-order valence-electron chi connectivity index (χ4n) is 0.511. The van der Waals surface area contributed by atoms with E-state index in [1.807, 2.05) is 6.07 Å². The zero-order chi connectivity index (χ0) is 6.53. The standard InChI is InChI=1S/C6H6N2O.Na/c9-8-5-6-3-1-2-4-7-6;/h1-5,9H;. The van der Waals surface area contributed by atoms with Crippen molar-refractivity contribution in [2.45, 2.75) is 0 Å². The molecule has 0 bridgehead atoms. The molecule has 1 aromatic heterocycles. The van der Waals surface area contributed by atoms with Crippen molar-refractivity contribution < 1.29 is 5.21 Å². The van der Waals surface area contributed by atoms with Gasteiger partial charge in [0.1, 0.15) is 0 Å². The summed E-state index contributed by atoms with van der Waals surface area (Å²) in [7, 11) is 0. The van der Waals surface area contributed by atoms with Crippen LogP contribution in [0.2, 0.25) is 0 Å². The van der Waals surface area contributed by atoms with Crippen molar-refractivity contribution in [2.75, 3.05) is 0 Å². The summed E-state index contributed by atoms with van der Waals surface area (Å²) in [5.41, 5.74) is 0.653. The van der Waals surface area contributed by atoms with E-state index < -0.39 is 0 Å². The fraction of sp³-hybridized carbons (Fsp3) is 0. The molecule has 1 radical (unpaired) electrons. The molecule has 0 spiro atoms. The van der Waals surface area contributed by atoms with Crippen LogP contribution in [0.3, 0.4) is 0 Å². The molecule has 0 saturated heterocycles. The molecule has 0 aliphatic heterocycles. The van der Waals surface area contributed by atoms with Gasteiger partial charge in [0.15, 0.2) is 0 Å². The van der Waals surface area contributed by atoms with Gasteiger partial charge < -0.3 is 5.21 Å². The van der Waals surface area contributed by atoms with E-state index in [4.69, 9.17) is 5.21 Å². The predicted molar refractivity (Wildman–Crippen MR) is 39.4 cm³/mol. The van der Waals surface area contributed by atoms with Crippen molar-refractivity contribution in [3.05, 3.63) is 30.1 Å². The fourth-order valence-corrected chi connectivity index (χ4v) is 0.511. The Balaban J connectivity index is 0.000000810. The van der Waals surface area contributed by atoms with Crippen LogP contribution in [0.5, 0.6) is 0 Å². The van der Waals surface area contributed by atoms with E-state index in [1.165, 1.54) is 6.21 Å². The van der Waals surface area contributed by atoms with Crippen molar-refractivity contribution in [3.8, 4) is 0 Å². The van der Waals surface area contributed by atoms with Crippen LogP contribution in [0, 0.1) is 0 Å². The van der Waals surface area contributed by atoms with Crippen LogP contribution in [0.25, 0.3) is 0 Å². The third-order valence-corrected chi connectivity index (χ3v) is 0.878. The molecule has 0 aliphatic carbocycles. The van der Waals surface area contributed by atoms with Crippen LogP contribution in [0.15, 0.2) is 29.6 Å². The van der Waals surface area contributed by atoms with Crippen molar-refractivity contribution in [1.82, 2.24) is 4.98 Å². The molecule has 0 amide bonds. The van der Waals surface area contributed by atoms with Gasteiger partial charge in [-0.05, 0) is 12.1 Å². The maximum absolute atomic E-state index is 8.05. The van der Waals surface area contributed by atoms with E-state index in [9.17, 15) is 0 Å². The molecule has 1 heterocycles. The largest absolute Gasteiger partial charge is 0.411 e. The second-order valence-electron chi connectivity index (χ2n) is 1.50. The Bertz CT molecular complexity index is 200. The Labute approximate surface area is 81.1 Å². The van der Waals surface area contributed by atoms with Crippen LogP contribution in [0.4, 0.5) is 0 Å². The minimum Gasteiger partial charge on any atom is -0.411 e. The van der Waals surface area contributed by atoms with Crippen molar-refractivity contribution in [1.29, 1.82) is 0 Å². The van der Waals surface area contributed by atoms with E-state index in [1.54, 1.807) is 18.3 Å². The minimum atomic E-state index is 0. The first kappa shape index (κ1) is 9.62. The van der Waals surface area contributed by atoms with Crippen molar-refractivity contribution in [2.24, 2.45) is 5.16 Å². The Morgan fingerprint density at radius 2 is 2.30 bits per heavy atom. The Hall–Kier alpha value is -0.380. The van der Waals surface area contributed by atoms with Crippen LogP contribution in [-0.4, -0.2) is 46.0 Å². The van der Waals surface area contributed by atoms with E-state index in [0.717, 1.165) is 0 Å². The first-order chi connectivity index (χ1) is 4.43.